The van der Waals surface area contributed by atoms with Crippen LogP contribution < -0.4 is 5.32 Å². The van der Waals surface area contributed by atoms with Crippen LogP contribution in [0.15, 0.2) is 0 Å². The zero-order chi connectivity index (χ0) is 13.2. The minimum absolute atomic E-state index is 0.112. The lowest BCUT2D eigenvalue weighted by molar-refractivity contribution is -0.0530. The molecule has 18 heavy (non-hydrogen) atoms. The molecule has 5 heteroatoms. The number of carbonyl (C=O) groups excluding carboxylic acids is 1. The average molecular weight is 256 g/mol. The first-order chi connectivity index (χ1) is 8.43. The molecule has 0 aromatic carbocycles. The Kier molecular flexibility index (Phi) is 3.82. The van der Waals surface area contributed by atoms with Crippen LogP contribution in [0.3, 0.4) is 0 Å². The van der Waals surface area contributed by atoms with Gasteiger partial charge in [0.1, 0.15) is 5.60 Å². The van der Waals surface area contributed by atoms with Gasteiger partial charge in [0.15, 0.2) is 0 Å². The van der Waals surface area contributed by atoms with E-state index < -0.39 is 5.60 Å². The van der Waals surface area contributed by atoms with E-state index in [0.717, 1.165) is 45.7 Å². The van der Waals surface area contributed by atoms with E-state index in [1.165, 1.54) is 0 Å². The van der Waals surface area contributed by atoms with E-state index in [9.17, 15) is 4.79 Å². The second-order valence-electron chi connectivity index (χ2n) is 6.15. The van der Waals surface area contributed by atoms with Crippen LogP contribution in [0, 0.1) is 0 Å². The van der Waals surface area contributed by atoms with Gasteiger partial charge in [-0.15, -0.1) is 0 Å². The molecule has 2 rings (SSSR count). The second-order valence-corrected chi connectivity index (χ2v) is 6.15. The van der Waals surface area contributed by atoms with Crippen molar-refractivity contribution in [3.05, 3.63) is 0 Å². The fourth-order valence-corrected chi connectivity index (χ4v) is 2.64. The quantitative estimate of drug-likeness (QED) is 0.711. The summed E-state index contributed by atoms with van der Waals surface area (Å²) in [5, 5.41) is 3.39. The van der Waals surface area contributed by atoms with Crippen molar-refractivity contribution < 1.29 is 14.3 Å². The van der Waals surface area contributed by atoms with Crippen LogP contribution in [0.5, 0.6) is 0 Å². The van der Waals surface area contributed by atoms with Gasteiger partial charge in [-0.2, -0.15) is 0 Å². The third-order valence-electron chi connectivity index (χ3n) is 3.58. The van der Waals surface area contributed by atoms with E-state index in [-0.39, 0.29) is 11.6 Å². The molecule has 2 saturated heterocycles. The summed E-state index contributed by atoms with van der Waals surface area (Å²) in [4.78, 5) is 14.2. The normalized spacial score (nSPS) is 24.1. The van der Waals surface area contributed by atoms with Crippen molar-refractivity contribution in [1.29, 1.82) is 0 Å². The first-order valence-corrected chi connectivity index (χ1v) is 6.72. The molecule has 0 saturated carbocycles. The first kappa shape index (κ1) is 13.6. The zero-order valence-corrected chi connectivity index (χ0v) is 11.6. The maximum atomic E-state index is 12.3. The molecule has 1 N–H and O–H groups in total. The van der Waals surface area contributed by atoms with Crippen molar-refractivity contribution in [2.24, 2.45) is 0 Å². The molecule has 1 spiro atoms. The molecule has 0 atom stereocenters. The van der Waals surface area contributed by atoms with Crippen molar-refractivity contribution in [3.63, 3.8) is 0 Å². The maximum Gasteiger partial charge on any atom is 0.410 e. The Morgan fingerprint density at radius 3 is 2.61 bits per heavy atom. The lowest BCUT2D eigenvalue weighted by atomic mass is 9.86. The topological polar surface area (TPSA) is 50.8 Å². The van der Waals surface area contributed by atoms with E-state index >= 15 is 0 Å². The second kappa shape index (κ2) is 5.05. The molecular weight excluding hydrogens is 232 g/mol. The average Bonchev–Trinajstić information content (AvgIpc) is 2.28. The van der Waals surface area contributed by atoms with Crippen LogP contribution in [-0.4, -0.2) is 55.0 Å². The molecule has 0 aromatic heterocycles. The van der Waals surface area contributed by atoms with E-state index in [2.05, 4.69) is 5.32 Å². The number of amides is 1. The summed E-state index contributed by atoms with van der Waals surface area (Å²) in [6.45, 7) is 9.56. The van der Waals surface area contributed by atoms with Gasteiger partial charge in [0.2, 0.25) is 0 Å². The molecular formula is C13H24N2O3. The van der Waals surface area contributed by atoms with E-state index in [1.54, 1.807) is 0 Å². The summed E-state index contributed by atoms with van der Waals surface area (Å²) in [5.41, 5.74) is -0.548. The summed E-state index contributed by atoms with van der Waals surface area (Å²) in [7, 11) is 0. The van der Waals surface area contributed by atoms with Crippen LogP contribution in [0.2, 0.25) is 0 Å². The van der Waals surface area contributed by atoms with Crippen LogP contribution in [0.4, 0.5) is 4.79 Å². The van der Waals surface area contributed by atoms with Gasteiger partial charge in [0, 0.05) is 32.8 Å². The molecule has 104 valence electrons. The highest BCUT2D eigenvalue weighted by Gasteiger charge is 2.44. The number of piperazine rings is 1. The Morgan fingerprint density at radius 2 is 2.00 bits per heavy atom. The molecule has 1 amide bonds. The van der Waals surface area contributed by atoms with Gasteiger partial charge in [-0.05, 0) is 33.6 Å². The number of hydrogen-bond acceptors (Lipinski definition) is 4. The van der Waals surface area contributed by atoms with E-state index in [4.69, 9.17) is 9.47 Å². The predicted octanol–water partition coefficient (Wildman–Crippen LogP) is 1.38. The van der Waals surface area contributed by atoms with Crippen molar-refractivity contribution in [1.82, 2.24) is 10.2 Å². The molecule has 0 bridgehead atoms. The van der Waals surface area contributed by atoms with Gasteiger partial charge < -0.3 is 14.8 Å². The van der Waals surface area contributed by atoms with Crippen molar-refractivity contribution in [3.8, 4) is 0 Å². The van der Waals surface area contributed by atoms with Crippen LogP contribution in [0.25, 0.3) is 0 Å². The van der Waals surface area contributed by atoms with Crippen LogP contribution in [-0.2, 0) is 9.47 Å². The number of nitrogens with zero attached hydrogens (tertiary/aromatic N) is 1. The third-order valence-corrected chi connectivity index (χ3v) is 3.58. The highest BCUT2D eigenvalue weighted by Crippen LogP contribution is 2.30. The minimum Gasteiger partial charge on any atom is -0.444 e. The summed E-state index contributed by atoms with van der Waals surface area (Å²) in [6.07, 6.45) is 1.59. The highest BCUT2D eigenvalue weighted by molar-refractivity contribution is 5.69. The highest BCUT2D eigenvalue weighted by atomic mass is 16.6. The monoisotopic (exact) mass is 256 g/mol. The Morgan fingerprint density at radius 1 is 1.33 bits per heavy atom. The molecule has 0 radical (unpaired) electrons. The summed E-state index contributed by atoms with van der Waals surface area (Å²) in [5.74, 6) is 0. The van der Waals surface area contributed by atoms with Gasteiger partial charge in [-0.1, -0.05) is 0 Å². The van der Waals surface area contributed by atoms with Gasteiger partial charge in [0.25, 0.3) is 0 Å². The number of hydrogen-bond donors (Lipinski definition) is 1. The standard InChI is InChI=1S/C13H24N2O3/c1-12(2,3)18-11(16)15-7-6-14-10-13(15)4-8-17-9-5-13/h14H,4-10H2,1-3H3. The Balaban J connectivity index is 2.10. The van der Waals surface area contributed by atoms with Crippen LogP contribution in [0.1, 0.15) is 33.6 Å². The lowest BCUT2D eigenvalue weighted by Crippen LogP contribution is -2.65. The van der Waals surface area contributed by atoms with Gasteiger partial charge in [-0.25, -0.2) is 4.79 Å². The third kappa shape index (κ3) is 2.95. The van der Waals surface area contributed by atoms with Crippen molar-refractivity contribution in [2.45, 2.75) is 44.8 Å². The number of ether oxygens (including phenoxy) is 2. The maximum absolute atomic E-state index is 12.3. The summed E-state index contributed by atoms with van der Waals surface area (Å²) >= 11 is 0. The molecule has 0 aromatic rings. The Labute approximate surface area is 109 Å². The molecule has 2 heterocycles. The summed E-state index contributed by atoms with van der Waals surface area (Å²) < 4.78 is 10.9. The Hall–Kier alpha value is -0.810. The van der Waals surface area contributed by atoms with Gasteiger partial charge >= 0.3 is 6.09 Å². The minimum atomic E-state index is -0.436. The smallest absolute Gasteiger partial charge is 0.410 e. The Bertz CT molecular complexity index is 298. The molecule has 5 nitrogen and oxygen atoms in total. The van der Waals surface area contributed by atoms with Crippen molar-refractivity contribution >= 4 is 6.09 Å². The molecule has 2 aliphatic rings. The van der Waals surface area contributed by atoms with E-state index in [0.29, 0.717) is 0 Å². The number of rotatable bonds is 0. The number of nitrogens with one attached hydrogen (secondary N) is 1. The molecule has 0 unspecified atom stereocenters. The van der Waals surface area contributed by atoms with Gasteiger partial charge in [0.05, 0.1) is 5.54 Å². The summed E-state index contributed by atoms with van der Waals surface area (Å²) in [6, 6.07) is 0. The fourth-order valence-electron chi connectivity index (χ4n) is 2.64. The number of carbonyl (C=O) groups is 1. The molecule has 2 aliphatic heterocycles. The van der Waals surface area contributed by atoms with Crippen LogP contribution >= 0.6 is 0 Å². The zero-order valence-electron chi connectivity index (χ0n) is 11.6. The van der Waals surface area contributed by atoms with Crippen molar-refractivity contribution in [2.75, 3.05) is 32.8 Å². The predicted molar refractivity (Wildman–Crippen MR) is 68.6 cm³/mol. The SMILES string of the molecule is CC(C)(C)OC(=O)N1CCNCC12CCOCC2. The fraction of sp³-hybridized carbons (Fsp3) is 0.923. The largest absolute Gasteiger partial charge is 0.444 e. The lowest BCUT2D eigenvalue weighted by Gasteiger charge is -2.49. The molecule has 2 fully saturated rings. The van der Waals surface area contributed by atoms with Gasteiger partial charge in [-0.3, -0.25) is 4.90 Å². The van der Waals surface area contributed by atoms with E-state index in [1.807, 2.05) is 25.7 Å². The molecule has 0 aliphatic carbocycles. The first-order valence-electron chi connectivity index (χ1n) is 6.72.